The van der Waals surface area contributed by atoms with Crippen LogP contribution in [0.1, 0.15) is 23.6 Å². The molecule has 1 saturated heterocycles. The Labute approximate surface area is 173 Å². The highest BCUT2D eigenvalue weighted by atomic mass is 32.1. The standard InChI is InChI=1S/C21H23N3O2S2/c25-16-8-9-24(12-16)13-18(15-4-2-1-3-5-15)22-20(26)11-14-6-7-19-17(10-14)23-21(27)28-19/h1-7,10,16,18,25H,8-9,11-13H2,(H,22,26)(H,23,27)/t16-,18+/m0/s1. The van der Waals surface area contributed by atoms with E-state index in [1.807, 2.05) is 48.5 Å². The molecule has 1 aromatic heterocycles. The average molecular weight is 414 g/mol. The van der Waals surface area contributed by atoms with E-state index in [4.69, 9.17) is 12.2 Å². The second-order valence-corrected chi connectivity index (χ2v) is 8.97. The number of likely N-dealkylation sites (tertiary alicyclic amines) is 1. The molecule has 0 aliphatic carbocycles. The van der Waals surface area contributed by atoms with Gasteiger partial charge in [0.15, 0.2) is 3.95 Å². The van der Waals surface area contributed by atoms with Crippen molar-refractivity contribution in [1.82, 2.24) is 15.2 Å². The van der Waals surface area contributed by atoms with E-state index in [9.17, 15) is 9.90 Å². The summed E-state index contributed by atoms with van der Waals surface area (Å²) in [5.41, 5.74) is 3.01. The molecule has 3 N–H and O–H groups in total. The van der Waals surface area contributed by atoms with Crippen LogP contribution in [0, 0.1) is 3.95 Å². The maximum atomic E-state index is 12.8. The monoisotopic (exact) mass is 413 g/mol. The minimum absolute atomic E-state index is 0.0122. The summed E-state index contributed by atoms with van der Waals surface area (Å²) >= 11 is 6.73. The molecule has 5 nitrogen and oxygen atoms in total. The lowest BCUT2D eigenvalue weighted by Crippen LogP contribution is -2.38. The van der Waals surface area contributed by atoms with Crippen LogP contribution in [0.15, 0.2) is 48.5 Å². The molecule has 0 spiro atoms. The van der Waals surface area contributed by atoms with Gasteiger partial charge < -0.3 is 15.4 Å². The number of thiazole rings is 1. The number of carbonyl (C=O) groups is 1. The Bertz CT molecular complexity index is 1020. The molecular formula is C21H23N3O2S2. The van der Waals surface area contributed by atoms with Crippen molar-refractivity contribution in [3.8, 4) is 0 Å². The van der Waals surface area contributed by atoms with Crippen LogP contribution in [0.5, 0.6) is 0 Å². The molecule has 3 aromatic rings. The van der Waals surface area contributed by atoms with Gasteiger partial charge in [-0.1, -0.05) is 36.4 Å². The number of carbonyl (C=O) groups excluding carboxylic acids is 1. The number of rotatable bonds is 6. The first-order valence-corrected chi connectivity index (χ1v) is 10.7. The fourth-order valence-corrected chi connectivity index (χ4v) is 4.79. The molecule has 2 aromatic carbocycles. The van der Waals surface area contributed by atoms with E-state index in [0.717, 1.165) is 38.3 Å². The van der Waals surface area contributed by atoms with E-state index in [2.05, 4.69) is 15.2 Å². The number of nitrogens with one attached hydrogen (secondary N) is 2. The molecule has 1 amide bonds. The van der Waals surface area contributed by atoms with Crippen LogP contribution in [-0.2, 0) is 11.2 Å². The maximum Gasteiger partial charge on any atom is 0.224 e. The van der Waals surface area contributed by atoms with Crippen LogP contribution in [0.2, 0.25) is 0 Å². The number of hydrogen-bond donors (Lipinski definition) is 3. The first-order valence-electron chi connectivity index (χ1n) is 9.43. The second kappa shape index (κ2) is 8.53. The Balaban J connectivity index is 1.46. The summed E-state index contributed by atoms with van der Waals surface area (Å²) in [6.07, 6.45) is 0.838. The van der Waals surface area contributed by atoms with E-state index >= 15 is 0 Å². The molecule has 0 bridgehead atoms. The number of aliphatic hydroxyl groups is 1. The van der Waals surface area contributed by atoms with E-state index in [1.54, 1.807) is 0 Å². The number of H-pyrrole nitrogens is 1. The first kappa shape index (κ1) is 19.3. The number of nitrogens with zero attached hydrogens (tertiary/aromatic N) is 1. The fourth-order valence-electron chi connectivity index (χ4n) is 3.70. The number of hydrogen-bond acceptors (Lipinski definition) is 5. The molecule has 2 atom stereocenters. The van der Waals surface area contributed by atoms with Crippen LogP contribution in [-0.4, -0.2) is 46.6 Å². The van der Waals surface area contributed by atoms with Crippen molar-refractivity contribution in [2.75, 3.05) is 19.6 Å². The van der Waals surface area contributed by atoms with E-state index < -0.39 is 0 Å². The Morgan fingerprint density at radius 1 is 1.32 bits per heavy atom. The largest absolute Gasteiger partial charge is 0.392 e. The van der Waals surface area contributed by atoms with Crippen LogP contribution in [0.3, 0.4) is 0 Å². The third-order valence-electron chi connectivity index (χ3n) is 5.07. The lowest BCUT2D eigenvalue weighted by Gasteiger charge is -2.25. The highest BCUT2D eigenvalue weighted by Gasteiger charge is 2.24. The third kappa shape index (κ3) is 4.67. The quantitative estimate of drug-likeness (QED) is 0.542. The molecule has 0 radical (unpaired) electrons. The van der Waals surface area contributed by atoms with Gasteiger partial charge in [0.25, 0.3) is 0 Å². The van der Waals surface area contributed by atoms with Gasteiger partial charge in [-0.05, 0) is 41.9 Å². The van der Waals surface area contributed by atoms with Crippen molar-refractivity contribution in [1.29, 1.82) is 0 Å². The number of aliphatic hydroxyl groups excluding tert-OH is 1. The topological polar surface area (TPSA) is 68.4 Å². The van der Waals surface area contributed by atoms with Gasteiger partial charge in [0, 0.05) is 19.6 Å². The number of aromatic nitrogens is 1. The number of β-amino-alcohol motifs (C(OH)–C–C–N with tert-alkyl or cyclic N) is 1. The normalized spacial score (nSPS) is 18.4. The minimum atomic E-state index is -0.269. The number of benzene rings is 2. The molecule has 1 aliphatic rings. The molecule has 28 heavy (non-hydrogen) atoms. The highest BCUT2D eigenvalue weighted by molar-refractivity contribution is 7.73. The third-order valence-corrected chi connectivity index (χ3v) is 6.29. The highest BCUT2D eigenvalue weighted by Crippen LogP contribution is 2.22. The second-order valence-electron chi connectivity index (χ2n) is 7.25. The summed E-state index contributed by atoms with van der Waals surface area (Å²) in [5, 5.41) is 13.0. The van der Waals surface area contributed by atoms with E-state index in [1.165, 1.54) is 11.3 Å². The number of aromatic amines is 1. The lowest BCUT2D eigenvalue weighted by atomic mass is 10.1. The van der Waals surface area contributed by atoms with Crippen molar-refractivity contribution >= 4 is 39.7 Å². The molecule has 2 heterocycles. The van der Waals surface area contributed by atoms with Gasteiger partial charge in [-0.3, -0.25) is 9.69 Å². The molecule has 1 aliphatic heterocycles. The van der Waals surface area contributed by atoms with Gasteiger partial charge in [0.05, 0.1) is 28.8 Å². The van der Waals surface area contributed by atoms with Crippen LogP contribution in [0.25, 0.3) is 10.2 Å². The zero-order chi connectivity index (χ0) is 19.5. The molecule has 146 valence electrons. The van der Waals surface area contributed by atoms with Crippen molar-refractivity contribution in [3.63, 3.8) is 0 Å². The first-order chi connectivity index (χ1) is 13.6. The summed E-state index contributed by atoms with van der Waals surface area (Å²) in [6.45, 7) is 2.21. The molecule has 1 fully saturated rings. The summed E-state index contributed by atoms with van der Waals surface area (Å²) in [6, 6.07) is 15.9. The molecular weight excluding hydrogens is 390 g/mol. The zero-order valence-corrected chi connectivity index (χ0v) is 17.1. The van der Waals surface area contributed by atoms with Crippen molar-refractivity contribution < 1.29 is 9.90 Å². The molecule has 7 heteroatoms. The van der Waals surface area contributed by atoms with Crippen LogP contribution >= 0.6 is 23.6 Å². The van der Waals surface area contributed by atoms with Crippen LogP contribution < -0.4 is 5.32 Å². The van der Waals surface area contributed by atoms with Gasteiger partial charge >= 0.3 is 0 Å². The van der Waals surface area contributed by atoms with Crippen molar-refractivity contribution in [2.24, 2.45) is 0 Å². The lowest BCUT2D eigenvalue weighted by molar-refractivity contribution is -0.121. The molecule has 0 unspecified atom stereocenters. The SMILES string of the molecule is O=C(Cc1ccc2sc(=S)[nH]c2c1)N[C@H](CN1CC[C@H](O)C1)c1ccccc1. The Morgan fingerprint density at radius 3 is 2.89 bits per heavy atom. The van der Waals surface area contributed by atoms with E-state index in [0.29, 0.717) is 19.5 Å². The van der Waals surface area contributed by atoms with Crippen molar-refractivity contribution in [3.05, 3.63) is 63.6 Å². The number of amides is 1. The van der Waals surface area contributed by atoms with E-state index in [-0.39, 0.29) is 18.1 Å². The molecule has 0 saturated carbocycles. The summed E-state index contributed by atoms with van der Waals surface area (Å²) < 4.78 is 1.84. The Kier molecular flexibility index (Phi) is 5.87. The van der Waals surface area contributed by atoms with Gasteiger partial charge in [-0.25, -0.2) is 0 Å². The summed E-state index contributed by atoms with van der Waals surface area (Å²) in [7, 11) is 0. The average Bonchev–Trinajstić information content (AvgIpc) is 3.25. The maximum absolute atomic E-state index is 12.8. The Morgan fingerprint density at radius 2 is 2.14 bits per heavy atom. The summed E-state index contributed by atoms with van der Waals surface area (Å²) in [4.78, 5) is 18.1. The van der Waals surface area contributed by atoms with Gasteiger partial charge in [-0.2, -0.15) is 0 Å². The van der Waals surface area contributed by atoms with Crippen LogP contribution in [0.4, 0.5) is 0 Å². The summed E-state index contributed by atoms with van der Waals surface area (Å²) in [5.74, 6) is -0.0122. The van der Waals surface area contributed by atoms with Crippen molar-refractivity contribution in [2.45, 2.75) is 25.0 Å². The number of fused-ring (bicyclic) bond motifs is 1. The molecule has 4 rings (SSSR count). The fraction of sp³-hybridized carbons (Fsp3) is 0.333. The Hall–Kier alpha value is -2.06. The van der Waals surface area contributed by atoms with Gasteiger partial charge in [0.2, 0.25) is 5.91 Å². The van der Waals surface area contributed by atoms with Gasteiger partial charge in [-0.15, -0.1) is 11.3 Å². The predicted octanol–water partition coefficient (Wildman–Crippen LogP) is 3.43. The smallest absolute Gasteiger partial charge is 0.224 e. The predicted molar refractivity (Wildman–Crippen MR) is 115 cm³/mol. The van der Waals surface area contributed by atoms with Gasteiger partial charge in [0.1, 0.15) is 0 Å². The zero-order valence-electron chi connectivity index (χ0n) is 15.4. The minimum Gasteiger partial charge on any atom is -0.392 e.